The second kappa shape index (κ2) is 5.53. The standard InChI is InChI=1S/C16H18N4O2/c21-14(17-13-4-2-1-3-5-13)10-20-8-12(9-20)16-18-15(19-22-16)11-6-7-11/h1-5,11-12H,6-10H2,(H,17,21). The van der Waals surface area contributed by atoms with E-state index in [0.29, 0.717) is 12.5 Å². The summed E-state index contributed by atoms with van der Waals surface area (Å²) in [6.45, 7) is 2.00. The number of benzene rings is 1. The molecule has 1 N–H and O–H groups in total. The van der Waals surface area contributed by atoms with E-state index in [1.165, 1.54) is 12.8 Å². The number of amides is 1. The lowest BCUT2D eigenvalue weighted by Crippen LogP contribution is -2.48. The fourth-order valence-electron chi connectivity index (χ4n) is 2.70. The van der Waals surface area contributed by atoms with E-state index in [0.717, 1.165) is 30.5 Å². The first-order chi connectivity index (χ1) is 10.8. The highest BCUT2D eigenvalue weighted by molar-refractivity contribution is 5.92. The third-order valence-electron chi connectivity index (χ3n) is 4.13. The first-order valence-corrected chi connectivity index (χ1v) is 7.68. The van der Waals surface area contributed by atoms with Crippen molar-refractivity contribution < 1.29 is 9.32 Å². The molecule has 1 aliphatic heterocycles. The maximum absolute atomic E-state index is 12.0. The zero-order valence-corrected chi connectivity index (χ0v) is 12.2. The van der Waals surface area contributed by atoms with Crippen LogP contribution in [0.5, 0.6) is 0 Å². The minimum atomic E-state index is 0.00819. The molecular formula is C16H18N4O2. The first-order valence-electron chi connectivity index (χ1n) is 7.68. The molecule has 0 spiro atoms. The summed E-state index contributed by atoms with van der Waals surface area (Å²) in [4.78, 5) is 18.5. The van der Waals surface area contributed by atoms with Gasteiger partial charge in [0.25, 0.3) is 0 Å². The average molecular weight is 298 g/mol. The van der Waals surface area contributed by atoms with Crippen molar-refractivity contribution in [3.05, 3.63) is 42.0 Å². The largest absolute Gasteiger partial charge is 0.339 e. The summed E-state index contributed by atoms with van der Waals surface area (Å²) in [6.07, 6.45) is 2.35. The van der Waals surface area contributed by atoms with Gasteiger partial charge in [-0.2, -0.15) is 4.98 Å². The van der Waals surface area contributed by atoms with Crippen molar-refractivity contribution in [1.82, 2.24) is 15.0 Å². The smallest absolute Gasteiger partial charge is 0.238 e. The van der Waals surface area contributed by atoms with Crippen LogP contribution in [0.15, 0.2) is 34.9 Å². The van der Waals surface area contributed by atoms with Crippen LogP contribution in [0, 0.1) is 0 Å². The number of anilines is 1. The molecule has 6 nitrogen and oxygen atoms in total. The predicted molar refractivity (Wildman–Crippen MR) is 80.5 cm³/mol. The molecule has 22 heavy (non-hydrogen) atoms. The summed E-state index contributed by atoms with van der Waals surface area (Å²) in [5, 5.41) is 6.93. The van der Waals surface area contributed by atoms with Crippen LogP contribution in [0.25, 0.3) is 0 Å². The molecule has 4 rings (SSSR count). The maximum Gasteiger partial charge on any atom is 0.238 e. The number of carbonyl (C=O) groups is 1. The summed E-state index contributed by atoms with van der Waals surface area (Å²) in [7, 11) is 0. The third-order valence-corrected chi connectivity index (χ3v) is 4.13. The number of rotatable bonds is 5. The van der Waals surface area contributed by atoms with Crippen molar-refractivity contribution in [2.24, 2.45) is 0 Å². The minimum absolute atomic E-state index is 0.00819. The SMILES string of the molecule is O=C(CN1CC(c2nc(C3CC3)no2)C1)Nc1ccccc1. The van der Waals surface area contributed by atoms with Crippen LogP contribution in [-0.2, 0) is 4.79 Å². The molecule has 1 saturated carbocycles. The lowest BCUT2D eigenvalue weighted by molar-refractivity contribution is -0.118. The zero-order chi connectivity index (χ0) is 14.9. The number of likely N-dealkylation sites (tertiary alicyclic amines) is 1. The van der Waals surface area contributed by atoms with Crippen LogP contribution in [0.4, 0.5) is 5.69 Å². The Morgan fingerprint density at radius 2 is 2.00 bits per heavy atom. The van der Waals surface area contributed by atoms with E-state index >= 15 is 0 Å². The van der Waals surface area contributed by atoms with Crippen LogP contribution in [0.1, 0.15) is 36.4 Å². The summed E-state index contributed by atoms with van der Waals surface area (Å²) in [5.41, 5.74) is 0.829. The minimum Gasteiger partial charge on any atom is -0.339 e. The van der Waals surface area contributed by atoms with E-state index in [1.807, 2.05) is 30.3 Å². The molecule has 2 fully saturated rings. The molecule has 2 aliphatic rings. The van der Waals surface area contributed by atoms with Gasteiger partial charge in [0.15, 0.2) is 5.82 Å². The van der Waals surface area contributed by atoms with Gasteiger partial charge in [0.1, 0.15) is 0 Å². The Balaban J connectivity index is 1.25. The molecule has 1 aromatic heterocycles. The molecule has 2 aromatic rings. The van der Waals surface area contributed by atoms with Gasteiger partial charge in [-0.05, 0) is 25.0 Å². The second-order valence-corrected chi connectivity index (χ2v) is 6.07. The second-order valence-electron chi connectivity index (χ2n) is 6.07. The van der Waals surface area contributed by atoms with Crippen molar-refractivity contribution in [2.75, 3.05) is 25.0 Å². The topological polar surface area (TPSA) is 71.3 Å². The van der Waals surface area contributed by atoms with Gasteiger partial charge in [-0.25, -0.2) is 0 Å². The molecule has 1 amide bonds. The van der Waals surface area contributed by atoms with Gasteiger partial charge in [-0.15, -0.1) is 0 Å². The molecule has 1 aliphatic carbocycles. The summed E-state index contributed by atoms with van der Waals surface area (Å²) >= 11 is 0. The molecule has 2 heterocycles. The van der Waals surface area contributed by atoms with Crippen LogP contribution in [0.2, 0.25) is 0 Å². The molecule has 0 unspecified atom stereocenters. The van der Waals surface area contributed by atoms with Gasteiger partial charge in [0.2, 0.25) is 11.8 Å². The van der Waals surface area contributed by atoms with Crippen LogP contribution in [0.3, 0.4) is 0 Å². The van der Waals surface area contributed by atoms with Crippen molar-refractivity contribution in [1.29, 1.82) is 0 Å². The first kappa shape index (κ1) is 13.5. The Morgan fingerprint density at radius 3 is 2.73 bits per heavy atom. The van der Waals surface area contributed by atoms with Gasteiger partial charge < -0.3 is 9.84 Å². The Morgan fingerprint density at radius 1 is 1.23 bits per heavy atom. The van der Waals surface area contributed by atoms with E-state index in [4.69, 9.17) is 4.52 Å². The van der Waals surface area contributed by atoms with Gasteiger partial charge in [0, 0.05) is 24.7 Å². The van der Waals surface area contributed by atoms with Gasteiger partial charge >= 0.3 is 0 Å². The number of nitrogens with one attached hydrogen (secondary N) is 1. The summed E-state index contributed by atoms with van der Waals surface area (Å²) in [5.74, 6) is 2.38. The van der Waals surface area contributed by atoms with Crippen molar-refractivity contribution >= 4 is 11.6 Å². The third kappa shape index (κ3) is 2.87. The summed E-state index contributed by atoms with van der Waals surface area (Å²) in [6, 6.07) is 9.50. The molecule has 114 valence electrons. The highest BCUT2D eigenvalue weighted by Gasteiger charge is 2.35. The number of aromatic nitrogens is 2. The van der Waals surface area contributed by atoms with Gasteiger partial charge in [-0.3, -0.25) is 9.69 Å². The van der Waals surface area contributed by atoms with Crippen LogP contribution >= 0.6 is 0 Å². The van der Waals surface area contributed by atoms with E-state index in [1.54, 1.807) is 0 Å². The highest BCUT2D eigenvalue weighted by atomic mass is 16.5. The van der Waals surface area contributed by atoms with E-state index < -0.39 is 0 Å². The van der Waals surface area contributed by atoms with E-state index in [-0.39, 0.29) is 11.8 Å². The molecule has 0 atom stereocenters. The van der Waals surface area contributed by atoms with Gasteiger partial charge in [0.05, 0.1) is 12.5 Å². The Hall–Kier alpha value is -2.21. The Bertz CT molecular complexity index is 660. The van der Waals surface area contributed by atoms with Gasteiger partial charge in [-0.1, -0.05) is 23.4 Å². The molecule has 0 bridgehead atoms. The quantitative estimate of drug-likeness (QED) is 0.914. The summed E-state index contributed by atoms with van der Waals surface area (Å²) < 4.78 is 5.33. The van der Waals surface area contributed by atoms with Crippen molar-refractivity contribution in [3.8, 4) is 0 Å². The molecular weight excluding hydrogens is 280 g/mol. The number of hydrogen-bond donors (Lipinski definition) is 1. The number of carbonyl (C=O) groups excluding carboxylic acids is 1. The molecule has 0 radical (unpaired) electrons. The Labute approximate surface area is 128 Å². The molecule has 1 aromatic carbocycles. The lowest BCUT2D eigenvalue weighted by atomic mass is 10.0. The monoisotopic (exact) mass is 298 g/mol. The van der Waals surface area contributed by atoms with Crippen molar-refractivity contribution in [2.45, 2.75) is 24.7 Å². The lowest BCUT2D eigenvalue weighted by Gasteiger charge is -2.36. The van der Waals surface area contributed by atoms with Crippen molar-refractivity contribution in [3.63, 3.8) is 0 Å². The average Bonchev–Trinajstić information content (AvgIpc) is 3.22. The fourth-order valence-corrected chi connectivity index (χ4v) is 2.70. The number of para-hydroxylation sites is 1. The van der Waals surface area contributed by atoms with E-state index in [9.17, 15) is 4.79 Å². The normalized spacial score (nSPS) is 18.9. The number of hydrogen-bond acceptors (Lipinski definition) is 5. The highest BCUT2D eigenvalue weighted by Crippen LogP contribution is 2.39. The number of nitrogens with zero attached hydrogens (tertiary/aromatic N) is 3. The fraction of sp³-hybridized carbons (Fsp3) is 0.438. The zero-order valence-electron chi connectivity index (χ0n) is 12.2. The molecule has 6 heteroatoms. The Kier molecular flexibility index (Phi) is 3.38. The van der Waals surface area contributed by atoms with Crippen LogP contribution < -0.4 is 5.32 Å². The molecule has 1 saturated heterocycles. The predicted octanol–water partition coefficient (Wildman–Crippen LogP) is 1.98. The maximum atomic E-state index is 12.0. The van der Waals surface area contributed by atoms with Crippen LogP contribution in [-0.4, -0.2) is 40.6 Å². The van der Waals surface area contributed by atoms with E-state index in [2.05, 4.69) is 20.4 Å².